The highest BCUT2D eigenvalue weighted by atomic mass is 32.2. The minimum atomic E-state index is -0.158. The standard InChI is InChI=1S/C19H17NO4S/c1-13(21)25-17-11-18(22)20(19(17)23)12-14-7-9-16(10-8-14)24-15-5-3-2-4-6-15/h2-11,22-23H,12H2,1H3. The predicted molar refractivity (Wildman–Crippen MR) is 96.4 cm³/mol. The first kappa shape index (κ1) is 17.0. The third-order valence-electron chi connectivity index (χ3n) is 3.51. The zero-order valence-electron chi connectivity index (χ0n) is 13.5. The van der Waals surface area contributed by atoms with E-state index in [2.05, 4.69) is 0 Å². The maximum absolute atomic E-state index is 11.2. The maximum Gasteiger partial charge on any atom is 0.208 e. The van der Waals surface area contributed by atoms with Crippen LogP contribution in [0.1, 0.15) is 12.5 Å². The molecule has 0 spiro atoms. The van der Waals surface area contributed by atoms with Crippen molar-refractivity contribution in [3.05, 3.63) is 66.2 Å². The van der Waals surface area contributed by atoms with Crippen molar-refractivity contribution in [3.63, 3.8) is 0 Å². The monoisotopic (exact) mass is 355 g/mol. The number of hydrogen-bond acceptors (Lipinski definition) is 5. The summed E-state index contributed by atoms with van der Waals surface area (Å²) in [5, 5.41) is 20.0. The van der Waals surface area contributed by atoms with Crippen LogP contribution in [0.4, 0.5) is 0 Å². The molecule has 0 fully saturated rings. The van der Waals surface area contributed by atoms with Crippen LogP contribution in [0, 0.1) is 0 Å². The van der Waals surface area contributed by atoms with Gasteiger partial charge in [0.2, 0.25) is 5.88 Å². The molecular weight excluding hydrogens is 338 g/mol. The van der Waals surface area contributed by atoms with Gasteiger partial charge in [0.05, 0.1) is 11.4 Å². The molecule has 0 aliphatic carbocycles. The van der Waals surface area contributed by atoms with E-state index in [1.54, 1.807) is 0 Å². The van der Waals surface area contributed by atoms with Gasteiger partial charge in [0.15, 0.2) is 11.0 Å². The molecule has 0 aliphatic rings. The second-order valence-corrected chi connectivity index (χ2v) is 6.65. The van der Waals surface area contributed by atoms with Crippen LogP contribution >= 0.6 is 11.8 Å². The van der Waals surface area contributed by atoms with Crippen LogP contribution in [0.2, 0.25) is 0 Å². The van der Waals surface area contributed by atoms with Gasteiger partial charge in [-0.2, -0.15) is 0 Å². The number of ether oxygens (including phenoxy) is 1. The van der Waals surface area contributed by atoms with E-state index >= 15 is 0 Å². The second-order valence-electron chi connectivity index (χ2n) is 5.43. The molecule has 0 radical (unpaired) electrons. The molecule has 1 aromatic heterocycles. The molecule has 3 rings (SSSR count). The lowest BCUT2D eigenvalue weighted by Crippen LogP contribution is -1.98. The Labute approximate surface area is 149 Å². The van der Waals surface area contributed by atoms with E-state index in [4.69, 9.17) is 4.74 Å². The SMILES string of the molecule is CC(=O)Sc1cc(O)n(Cc2ccc(Oc3ccccc3)cc2)c1O. The topological polar surface area (TPSA) is 71.7 Å². The second kappa shape index (κ2) is 7.36. The molecule has 0 aliphatic heterocycles. The van der Waals surface area contributed by atoms with Crippen LogP contribution in [-0.4, -0.2) is 19.9 Å². The number of para-hydroxylation sites is 1. The lowest BCUT2D eigenvalue weighted by molar-refractivity contribution is -0.109. The molecule has 0 unspecified atom stereocenters. The summed E-state index contributed by atoms with van der Waals surface area (Å²) >= 11 is 0.885. The summed E-state index contributed by atoms with van der Waals surface area (Å²) in [7, 11) is 0. The normalized spacial score (nSPS) is 10.6. The summed E-state index contributed by atoms with van der Waals surface area (Å²) in [6.45, 7) is 1.69. The van der Waals surface area contributed by atoms with Gasteiger partial charge in [-0.05, 0) is 41.6 Å². The van der Waals surface area contributed by atoms with Gasteiger partial charge in [0.25, 0.3) is 0 Å². The molecule has 5 nitrogen and oxygen atoms in total. The molecule has 25 heavy (non-hydrogen) atoms. The fourth-order valence-electron chi connectivity index (χ4n) is 2.36. The highest BCUT2D eigenvalue weighted by molar-refractivity contribution is 8.13. The number of nitrogens with zero attached hydrogens (tertiary/aromatic N) is 1. The van der Waals surface area contributed by atoms with E-state index < -0.39 is 0 Å². The van der Waals surface area contributed by atoms with Gasteiger partial charge < -0.3 is 14.9 Å². The van der Waals surface area contributed by atoms with E-state index in [1.165, 1.54) is 17.6 Å². The molecule has 2 N–H and O–H groups in total. The van der Waals surface area contributed by atoms with Crippen LogP contribution in [0.3, 0.4) is 0 Å². The number of aromatic hydroxyl groups is 2. The van der Waals surface area contributed by atoms with Gasteiger partial charge in [-0.3, -0.25) is 9.36 Å². The third kappa shape index (κ3) is 4.16. The van der Waals surface area contributed by atoms with Crippen molar-refractivity contribution in [2.75, 3.05) is 0 Å². The Balaban J connectivity index is 1.73. The van der Waals surface area contributed by atoms with E-state index in [0.717, 1.165) is 23.1 Å². The highest BCUT2D eigenvalue weighted by Crippen LogP contribution is 2.36. The first-order valence-corrected chi connectivity index (χ1v) is 8.46. The molecule has 0 saturated heterocycles. The van der Waals surface area contributed by atoms with Gasteiger partial charge in [0, 0.05) is 13.0 Å². The molecule has 6 heteroatoms. The van der Waals surface area contributed by atoms with Crippen LogP contribution in [-0.2, 0) is 11.3 Å². The smallest absolute Gasteiger partial charge is 0.208 e. The molecule has 0 atom stereocenters. The van der Waals surface area contributed by atoms with Crippen molar-refractivity contribution in [2.24, 2.45) is 0 Å². The minimum absolute atomic E-state index is 0.0918. The molecule has 3 aromatic rings. The number of benzene rings is 2. The zero-order valence-corrected chi connectivity index (χ0v) is 14.4. The van der Waals surface area contributed by atoms with Gasteiger partial charge in [-0.1, -0.05) is 30.3 Å². The Morgan fingerprint density at radius 3 is 2.32 bits per heavy atom. The summed E-state index contributed by atoms with van der Waals surface area (Å²) in [5.41, 5.74) is 0.876. The minimum Gasteiger partial charge on any atom is -0.494 e. The predicted octanol–water partition coefficient (Wildman–Crippen LogP) is 4.38. The van der Waals surface area contributed by atoms with Gasteiger partial charge >= 0.3 is 0 Å². The summed E-state index contributed by atoms with van der Waals surface area (Å²) in [6.07, 6.45) is 0. The Morgan fingerprint density at radius 1 is 1.04 bits per heavy atom. The quantitative estimate of drug-likeness (QED) is 0.665. The van der Waals surface area contributed by atoms with Crippen molar-refractivity contribution in [1.82, 2.24) is 4.57 Å². The average Bonchev–Trinajstić information content (AvgIpc) is 2.84. The van der Waals surface area contributed by atoms with Crippen molar-refractivity contribution < 1.29 is 19.7 Å². The number of rotatable bonds is 5. The maximum atomic E-state index is 11.2. The first-order valence-electron chi connectivity index (χ1n) is 7.64. The lowest BCUT2D eigenvalue weighted by Gasteiger charge is -2.09. The summed E-state index contributed by atoms with van der Waals surface area (Å²) < 4.78 is 7.08. The molecule has 0 amide bonds. The van der Waals surface area contributed by atoms with E-state index in [-0.39, 0.29) is 23.4 Å². The van der Waals surface area contributed by atoms with Crippen LogP contribution in [0.5, 0.6) is 23.3 Å². The van der Waals surface area contributed by atoms with Crippen LogP contribution in [0.15, 0.2) is 65.6 Å². The number of hydrogen-bond donors (Lipinski definition) is 2. The molecule has 2 aromatic carbocycles. The average molecular weight is 355 g/mol. The Morgan fingerprint density at radius 2 is 1.68 bits per heavy atom. The highest BCUT2D eigenvalue weighted by Gasteiger charge is 2.16. The molecule has 0 saturated carbocycles. The van der Waals surface area contributed by atoms with E-state index in [1.807, 2.05) is 54.6 Å². The van der Waals surface area contributed by atoms with Gasteiger partial charge in [-0.15, -0.1) is 0 Å². The number of thioether (sulfide) groups is 1. The summed E-state index contributed by atoms with van der Waals surface area (Å²) in [6, 6.07) is 18.2. The van der Waals surface area contributed by atoms with Crippen molar-refractivity contribution in [3.8, 4) is 23.3 Å². The fourth-order valence-corrected chi connectivity index (χ4v) is 3.03. The summed E-state index contributed by atoms with van der Waals surface area (Å²) in [5.74, 6) is 1.23. The number of carbonyl (C=O) groups is 1. The molecular formula is C19H17NO4S. The van der Waals surface area contributed by atoms with Crippen LogP contribution < -0.4 is 4.74 Å². The van der Waals surface area contributed by atoms with Gasteiger partial charge in [0.1, 0.15) is 11.5 Å². The Bertz CT molecular complexity index is 872. The van der Waals surface area contributed by atoms with Crippen LogP contribution in [0.25, 0.3) is 0 Å². The third-order valence-corrected chi connectivity index (χ3v) is 4.32. The Hall–Kier alpha value is -2.86. The van der Waals surface area contributed by atoms with Crippen molar-refractivity contribution in [2.45, 2.75) is 18.4 Å². The van der Waals surface area contributed by atoms with E-state index in [9.17, 15) is 15.0 Å². The molecule has 0 bridgehead atoms. The fraction of sp³-hybridized carbons (Fsp3) is 0.105. The van der Waals surface area contributed by atoms with E-state index in [0.29, 0.717) is 10.6 Å². The molecule has 128 valence electrons. The lowest BCUT2D eigenvalue weighted by atomic mass is 10.2. The van der Waals surface area contributed by atoms with Crippen molar-refractivity contribution >= 4 is 16.9 Å². The summed E-state index contributed by atoms with van der Waals surface area (Å²) in [4.78, 5) is 11.5. The Kier molecular flexibility index (Phi) is 5.00. The number of carbonyl (C=O) groups excluding carboxylic acids is 1. The first-order chi connectivity index (χ1) is 12.0. The molecule has 1 heterocycles. The zero-order chi connectivity index (χ0) is 17.8. The van der Waals surface area contributed by atoms with Gasteiger partial charge in [-0.25, -0.2) is 0 Å². The largest absolute Gasteiger partial charge is 0.494 e. The number of aromatic nitrogens is 1. The van der Waals surface area contributed by atoms with Crippen molar-refractivity contribution in [1.29, 1.82) is 0 Å².